The Kier molecular flexibility index (Phi) is 9.05. The Morgan fingerprint density at radius 2 is 1.79 bits per heavy atom. The fourth-order valence-corrected chi connectivity index (χ4v) is 2.57. The molecule has 19 heavy (non-hydrogen) atoms. The molecule has 0 aromatic heterocycles. The molecular formula is C16H33N3. The molecule has 0 aliphatic rings. The molecule has 3 nitrogen and oxygen atoms in total. The van der Waals surface area contributed by atoms with Crippen LogP contribution in [0.4, 0.5) is 0 Å². The minimum atomic E-state index is -0.344. The van der Waals surface area contributed by atoms with Crippen molar-refractivity contribution in [3.05, 3.63) is 0 Å². The summed E-state index contributed by atoms with van der Waals surface area (Å²) in [6.45, 7) is 15.3. The Balaban J connectivity index is 4.36. The lowest BCUT2D eigenvalue weighted by atomic mass is 9.91. The fourth-order valence-electron chi connectivity index (χ4n) is 2.57. The van der Waals surface area contributed by atoms with E-state index < -0.39 is 0 Å². The van der Waals surface area contributed by atoms with Crippen LogP contribution < -0.4 is 5.32 Å². The summed E-state index contributed by atoms with van der Waals surface area (Å²) in [7, 11) is 0. The quantitative estimate of drug-likeness (QED) is 0.658. The van der Waals surface area contributed by atoms with Gasteiger partial charge in [0.05, 0.1) is 6.07 Å². The third-order valence-corrected chi connectivity index (χ3v) is 3.67. The van der Waals surface area contributed by atoms with Crippen molar-refractivity contribution in [2.45, 2.75) is 84.8 Å². The lowest BCUT2D eigenvalue weighted by Crippen LogP contribution is -2.47. The van der Waals surface area contributed by atoms with Crippen molar-refractivity contribution < 1.29 is 0 Å². The van der Waals surface area contributed by atoms with E-state index in [1.807, 2.05) is 0 Å². The Hall–Kier alpha value is -0.590. The molecule has 3 heteroatoms. The van der Waals surface area contributed by atoms with Gasteiger partial charge in [0.2, 0.25) is 0 Å². The Morgan fingerprint density at radius 1 is 1.16 bits per heavy atom. The highest BCUT2D eigenvalue weighted by molar-refractivity contribution is 5.06. The molecule has 0 aromatic carbocycles. The van der Waals surface area contributed by atoms with E-state index in [4.69, 9.17) is 0 Å². The molecule has 0 saturated carbocycles. The highest BCUT2D eigenvalue weighted by Gasteiger charge is 2.28. The molecule has 0 amide bonds. The maximum atomic E-state index is 9.48. The van der Waals surface area contributed by atoms with E-state index in [9.17, 15) is 5.26 Å². The predicted octanol–water partition coefficient (Wildman–Crippen LogP) is 3.56. The van der Waals surface area contributed by atoms with Crippen LogP contribution in [-0.2, 0) is 0 Å². The van der Waals surface area contributed by atoms with Crippen LogP contribution in [0.1, 0.15) is 67.2 Å². The molecule has 0 radical (unpaired) electrons. The largest absolute Gasteiger partial charge is 0.301 e. The van der Waals surface area contributed by atoms with E-state index in [2.05, 4.69) is 57.8 Å². The van der Waals surface area contributed by atoms with Gasteiger partial charge in [0.25, 0.3) is 0 Å². The van der Waals surface area contributed by atoms with Gasteiger partial charge in [0.15, 0.2) is 0 Å². The van der Waals surface area contributed by atoms with Crippen LogP contribution in [0.2, 0.25) is 0 Å². The van der Waals surface area contributed by atoms with Crippen LogP contribution in [0.25, 0.3) is 0 Å². The molecule has 0 heterocycles. The van der Waals surface area contributed by atoms with Crippen molar-refractivity contribution in [1.29, 1.82) is 5.26 Å². The maximum Gasteiger partial charge on any atom is 0.106 e. The normalized spacial score (nSPS) is 14.9. The summed E-state index contributed by atoms with van der Waals surface area (Å²) in [6, 6.07) is 3.45. The van der Waals surface area contributed by atoms with Crippen molar-refractivity contribution in [2.75, 3.05) is 13.1 Å². The number of hydrogen-bond donors (Lipinski definition) is 1. The van der Waals surface area contributed by atoms with Crippen LogP contribution in [0.5, 0.6) is 0 Å². The predicted molar refractivity (Wildman–Crippen MR) is 83.1 cm³/mol. The van der Waals surface area contributed by atoms with E-state index in [1.165, 1.54) is 6.42 Å². The first kappa shape index (κ1) is 18.4. The van der Waals surface area contributed by atoms with Crippen molar-refractivity contribution in [2.24, 2.45) is 0 Å². The second kappa shape index (κ2) is 9.34. The molecule has 112 valence electrons. The summed E-state index contributed by atoms with van der Waals surface area (Å²) < 4.78 is 0. The Labute approximate surface area is 120 Å². The summed E-state index contributed by atoms with van der Waals surface area (Å²) >= 11 is 0. The highest BCUT2D eigenvalue weighted by Crippen LogP contribution is 2.18. The molecule has 1 N–H and O–H groups in total. The average molecular weight is 267 g/mol. The van der Waals surface area contributed by atoms with E-state index in [0.29, 0.717) is 12.1 Å². The van der Waals surface area contributed by atoms with E-state index in [1.54, 1.807) is 0 Å². The summed E-state index contributed by atoms with van der Waals surface area (Å²) in [4.78, 5) is 2.51. The van der Waals surface area contributed by atoms with Gasteiger partial charge in [-0.1, -0.05) is 13.8 Å². The van der Waals surface area contributed by atoms with Gasteiger partial charge in [-0.2, -0.15) is 5.26 Å². The summed E-state index contributed by atoms with van der Waals surface area (Å²) in [5.41, 5.74) is -0.344. The number of nitrogens with one attached hydrogen (secondary N) is 1. The zero-order valence-corrected chi connectivity index (χ0v) is 13.8. The molecule has 0 fully saturated rings. The smallest absolute Gasteiger partial charge is 0.106 e. The molecule has 0 bridgehead atoms. The third-order valence-electron chi connectivity index (χ3n) is 3.67. The van der Waals surface area contributed by atoms with Crippen molar-refractivity contribution in [1.82, 2.24) is 10.2 Å². The molecule has 0 saturated heterocycles. The van der Waals surface area contributed by atoms with E-state index >= 15 is 0 Å². The van der Waals surface area contributed by atoms with Gasteiger partial charge in [0.1, 0.15) is 5.54 Å². The van der Waals surface area contributed by atoms with Crippen LogP contribution >= 0.6 is 0 Å². The number of nitrogens with zero attached hydrogens (tertiary/aromatic N) is 2. The first-order valence-electron chi connectivity index (χ1n) is 7.83. The van der Waals surface area contributed by atoms with Crippen LogP contribution in [0.3, 0.4) is 0 Å². The number of hydrogen-bond acceptors (Lipinski definition) is 3. The second-order valence-corrected chi connectivity index (χ2v) is 6.08. The number of rotatable bonds is 10. The van der Waals surface area contributed by atoms with Gasteiger partial charge in [-0.25, -0.2) is 0 Å². The first-order valence-corrected chi connectivity index (χ1v) is 7.83. The third kappa shape index (κ3) is 6.94. The van der Waals surface area contributed by atoms with Gasteiger partial charge in [-0.15, -0.1) is 0 Å². The monoisotopic (exact) mass is 267 g/mol. The molecule has 0 rings (SSSR count). The average Bonchev–Trinajstić information content (AvgIpc) is 2.35. The fraction of sp³-hybridized carbons (Fsp3) is 0.938. The van der Waals surface area contributed by atoms with Crippen LogP contribution in [-0.4, -0.2) is 35.6 Å². The molecule has 0 aliphatic carbocycles. The van der Waals surface area contributed by atoms with Crippen LogP contribution in [0, 0.1) is 11.3 Å². The topological polar surface area (TPSA) is 39.1 Å². The van der Waals surface area contributed by atoms with Gasteiger partial charge >= 0.3 is 0 Å². The molecular weight excluding hydrogens is 234 g/mol. The van der Waals surface area contributed by atoms with Crippen LogP contribution in [0.15, 0.2) is 0 Å². The zero-order chi connectivity index (χ0) is 14.9. The maximum absolute atomic E-state index is 9.48. The Morgan fingerprint density at radius 3 is 2.16 bits per heavy atom. The van der Waals surface area contributed by atoms with Crippen molar-refractivity contribution in [3.63, 3.8) is 0 Å². The van der Waals surface area contributed by atoms with Crippen molar-refractivity contribution in [3.8, 4) is 6.07 Å². The van der Waals surface area contributed by atoms with Gasteiger partial charge in [-0.3, -0.25) is 5.32 Å². The Bertz CT molecular complexity index is 268. The molecule has 0 aliphatic heterocycles. The minimum absolute atomic E-state index is 0.344. The first-order chi connectivity index (χ1) is 8.90. The lowest BCUT2D eigenvalue weighted by molar-refractivity contribution is 0.207. The van der Waals surface area contributed by atoms with E-state index in [0.717, 1.165) is 32.4 Å². The summed E-state index contributed by atoms with van der Waals surface area (Å²) in [5, 5.41) is 12.9. The molecule has 0 aromatic rings. The lowest BCUT2D eigenvalue weighted by Gasteiger charge is -2.31. The highest BCUT2D eigenvalue weighted by atomic mass is 15.1. The number of nitriles is 1. The van der Waals surface area contributed by atoms with Gasteiger partial charge in [0, 0.05) is 12.1 Å². The van der Waals surface area contributed by atoms with Gasteiger partial charge < -0.3 is 4.90 Å². The van der Waals surface area contributed by atoms with E-state index in [-0.39, 0.29) is 5.54 Å². The zero-order valence-electron chi connectivity index (χ0n) is 13.8. The second-order valence-electron chi connectivity index (χ2n) is 6.08. The molecule has 1 unspecified atom stereocenters. The van der Waals surface area contributed by atoms with Crippen molar-refractivity contribution >= 4 is 0 Å². The summed E-state index contributed by atoms with van der Waals surface area (Å²) in [5.74, 6) is 0. The minimum Gasteiger partial charge on any atom is -0.301 e. The summed E-state index contributed by atoms with van der Waals surface area (Å²) in [6.07, 6.45) is 4.08. The molecule has 1 atom stereocenters. The SMILES string of the molecule is CCCN(CCCC(C#N)(CC)NC(C)C)C(C)C. The van der Waals surface area contributed by atoms with Gasteiger partial charge in [-0.05, 0) is 66.5 Å². The standard InChI is InChI=1S/C16H33N3/c1-7-11-19(15(5)6)12-9-10-16(8-2,13-17)18-14(3)4/h14-15,18H,7-12H2,1-6H3. The molecule has 0 spiro atoms.